The first-order valence-corrected chi connectivity index (χ1v) is 5.00. The highest BCUT2D eigenvalue weighted by Gasteiger charge is 2.14. The van der Waals surface area contributed by atoms with E-state index in [1.54, 1.807) is 28.4 Å². The van der Waals surface area contributed by atoms with Crippen LogP contribution in [0.3, 0.4) is 0 Å². The highest BCUT2D eigenvalue weighted by molar-refractivity contribution is 4.73. The summed E-state index contributed by atoms with van der Waals surface area (Å²) in [6.45, 7) is 2.44. The third-order valence-electron chi connectivity index (χ3n) is 1.94. The molecule has 0 fully saturated rings. The van der Waals surface area contributed by atoms with Crippen molar-refractivity contribution in [3.8, 4) is 0 Å². The van der Waals surface area contributed by atoms with Crippen LogP contribution in [-0.2, 0) is 18.9 Å². The normalized spacial score (nSPS) is 11.6. The summed E-state index contributed by atoms with van der Waals surface area (Å²) >= 11 is 0. The molecule has 5 nitrogen and oxygen atoms in total. The van der Waals surface area contributed by atoms with E-state index in [-0.39, 0.29) is 12.1 Å². The lowest BCUT2D eigenvalue weighted by Gasteiger charge is -2.23. The predicted molar refractivity (Wildman–Crippen MR) is 58.2 cm³/mol. The van der Waals surface area contributed by atoms with Crippen LogP contribution in [-0.4, -0.2) is 67.0 Å². The SMILES string of the molecule is COCC(COC)NC(COC)COC. The molecule has 0 aliphatic heterocycles. The first kappa shape index (κ1) is 14.8. The van der Waals surface area contributed by atoms with Crippen molar-refractivity contribution in [1.82, 2.24) is 5.32 Å². The van der Waals surface area contributed by atoms with Gasteiger partial charge in [-0.25, -0.2) is 0 Å². The van der Waals surface area contributed by atoms with Gasteiger partial charge in [0.15, 0.2) is 0 Å². The fourth-order valence-electron chi connectivity index (χ4n) is 1.43. The molecule has 0 aliphatic rings. The molecule has 1 N–H and O–H groups in total. The largest absolute Gasteiger partial charge is 0.383 e. The number of methoxy groups -OCH3 is 4. The highest BCUT2D eigenvalue weighted by Crippen LogP contribution is 1.93. The lowest BCUT2D eigenvalue weighted by Crippen LogP contribution is -2.47. The minimum atomic E-state index is 0.162. The Balaban J connectivity index is 3.93. The molecular formula is C10H23NO4. The predicted octanol–water partition coefficient (Wildman–Crippen LogP) is -0.101. The molecule has 0 heterocycles. The van der Waals surface area contributed by atoms with Crippen molar-refractivity contribution < 1.29 is 18.9 Å². The molecular weight excluding hydrogens is 198 g/mol. The number of hydrogen-bond acceptors (Lipinski definition) is 5. The van der Waals surface area contributed by atoms with E-state index in [0.717, 1.165) is 0 Å². The maximum absolute atomic E-state index is 5.09. The van der Waals surface area contributed by atoms with Gasteiger partial charge in [0, 0.05) is 28.4 Å². The van der Waals surface area contributed by atoms with Crippen LogP contribution in [0.4, 0.5) is 0 Å². The van der Waals surface area contributed by atoms with Gasteiger partial charge in [-0.2, -0.15) is 0 Å². The molecule has 0 rings (SSSR count). The summed E-state index contributed by atoms with van der Waals surface area (Å²) in [4.78, 5) is 0. The number of nitrogens with one attached hydrogen (secondary N) is 1. The van der Waals surface area contributed by atoms with Gasteiger partial charge in [0.25, 0.3) is 0 Å². The van der Waals surface area contributed by atoms with E-state index in [1.807, 2.05) is 0 Å². The Labute approximate surface area is 92.0 Å². The van der Waals surface area contributed by atoms with Crippen molar-refractivity contribution in [3.05, 3.63) is 0 Å². The quantitative estimate of drug-likeness (QED) is 0.558. The van der Waals surface area contributed by atoms with Crippen molar-refractivity contribution >= 4 is 0 Å². The Bertz CT molecular complexity index is 109. The first-order chi connectivity index (χ1) is 7.28. The van der Waals surface area contributed by atoms with Crippen LogP contribution in [0, 0.1) is 0 Å². The smallest absolute Gasteiger partial charge is 0.0638 e. The monoisotopic (exact) mass is 221 g/mol. The fraction of sp³-hybridized carbons (Fsp3) is 1.00. The van der Waals surface area contributed by atoms with Crippen LogP contribution in [0.5, 0.6) is 0 Å². The number of rotatable bonds is 10. The molecule has 92 valence electrons. The molecule has 0 radical (unpaired) electrons. The topological polar surface area (TPSA) is 49.0 Å². The highest BCUT2D eigenvalue weighted by atomic mass is 16.5. The van der Waals surface area contributed by atoms with Crippen LogP contribution in [0.25, 0.3) is 0 Å². The molecule has 0 saturated carbocycles. The van der Waals surface area contributed by atoms with E-state index in [2.05, 4.69) is 5.32 Å². The van der Waals surface area contributed by atoms with Crippen molar-refractivity contribution in [2.45, 2.75) is 12.1 Å². The molecule has 0 spiro atoms. The van der Waals surface area contributed by atoms with Crippen molar-refractivity contribution in [2.75, 3.05) is 54.9 Å². The molecule has 0 atom stereocenters. The van der Waals surface area contributed by atoms with Gasteiger partial charge in [0.05, 0.1) is 38.5 Å². The third-order valence-corrected chi connectivity index (χ3v) is 1.94. The Morgan fingerprint density at radius 2 is 0.933 bits per heavy atom. The second-order valence-electron chi connectivity index (χ2n) is 3.38. The first-order valence-electron chi connectivity index (χ1n) is 5.00. The molecule has 0 amide bonds. The van der Waals surface area contributed by atoms with Crippen molar-refractivity contribution in [3.63, 3.8) is 0 Å². The zero-order chi connectivity index (χ0) is 11.5. The van der Waals surface area contributed by atoms with Gasteiger partial charge in [-0.3, -0.25) is 0 Å². The second-order valence-corrected chi connectivity index (χ2v) is 3.38. The molecule has 0 saturated heterocycles. The van der Waals surface area contributed by atoms with Crippen LogP contribution in [0.15, 0.2) is 0 Å². The maximum Gasteiger partial charge on any atom is 0.0638 e. The molecule has 15 heavy (non-hydrogen) atoms. The molecule has 0 unspecified atom stereocenters. The van der Waals surface area contributed by atoms with Crippen LogP contribution < -0.4 is 5.32 Å². The average Bonchev–Trinajstić information content (AvgIpc) is 2.19. The standard InChI is InChI=1S/C10H23NO4/c1-12-5-9(6-13-2)11-10(7-14-3)8-15-4/h9-11H,5-8H2,1-4H3. The van der Waals surface area contributed by atoms with E-state index < -0.39 is 0 Å². The zero-order valence-corrected chi connectivity index (χ0v) is 10.1. The second kappa shape index (κ2) is 10.3. The molecule has 0 aromatic heterocycles. The van der Waals surface area contributed by atoms with E-state index in [9.17, 15) is 0 Å². The molecule has 5 heteroatoms. The van der Waals surface area contributed by atoms with E-state index >= 15 is 0 Å². The van der Waals surface area contributed by atoms with E-state index in [4.69, 9.17) is 18.9 Å². The molecule has 0 bridgehead atoms. The van der Waals surface area contributed by atoms with Gasteiger partial charge in [-0.15, -0.1) is 0 Å². The number of ether oxygens (including phenoxy) is 4. The molecule has 0 aromatic rings. The van der Waals surface area contributed by atoms with Crippen molar-refractivity contribution in [1.29, 1.82) is 0 Å². The summed E-state index contributed by atoms with van der Waals surface area (Å²) in [7, 11) is 6.69. The summed E-state index contributed by atoms with van der Waals surface area (Å²) in [6.07, 6.45) is 0. The Morgan fingerprint density at radius 1 is 0.667 bits per heavy atom. The van der Waals surface area contributed by atoms with Gasteiger partial charge in [0.1, 0.15) is 0 Å². The summed E-state index contributed by atoms with van der Waals surface area (Å²) in [5.74, 6) is 0. The molecule has 0 aliphatic carbocycles. The Kier molecular flexibility index (Phi) is 10.2. The van der Waals surface area contributed by atoms with Crippen LogP contribution >= 0.6 is 0 Å². The number of hydrogen-bond donors (Lipinski definition) is 1. The minimum absolute atomic E-state index is 0.162. The van der Waals surface area contributed by atoms with Crippen LogP contribution in [0.2, 0.25) is 0 Å². The summed E-state index contributed by atoms with van der Waals surface area (Å²) < 4.78 is 20.4. The van der Waals surface area contributed by atoms with Gasteiger partial charge >= 0.3 is 0 Å². The van der Waals surface area contributed by atoms with Gasteiger partial charge in [0.2, 0.25) is 0 Å². The fourth-order valence-corrected chi connectivity index (χ4v) is 1.43. The lowest BCUT2D eigenvalue weighted by atomic mass is 10.2. The average molecular weight is 221 g/mol. The van der Waals surface area contributed by atoms with E-state index in [0.29, 0.717) is 26.4 Å². The minimum Gasteiger partial charge on any atom is -0.383 e. The van der Waals surface area contributed by atoms with Crippen LogP contribution in [0.1, 0.15) is 0 Å². The Hall–Kier alpha value is -0.200. The van der Waals surface area contributed by atoms with Gasteiger partial charge in [-0.05, 0) is 0 Å². The zero-order valence-electron chi connectivity index (χ0n) is 10.1. The summed E-state index contributed by atoms with van der Waals surface area (Å²) in [5.41, 5.74) is 0. The maximum atomic E-state index is 5.09. The summed E-state index contributed by atoms with van der Waals surface area (Å²) in [5, 5.41) is 3.36. The van der Waals surface area contributed by atoms with Crippen molar-refractivity contribution in [2.24, 2.45) is 0 Å². The Morgan fingerprint density at radius 3 is 1.13 bits per heavy atom. The van der Waals surface area contributed by atoms with Gasteiger partial charge < -0.3 is 24.3 Å². The van der Waals surface area contributed by atoms with E-state index in [1.165, 1.54) is 0 Å². The molecule has 0 aromatic carbocycles. The lowest BCUT2D eigenvalue weighted by molar-refractivity contribution is 0.0616. The summed E-state index contributed by atoms with van der Waals surface area (Å²) in [6, 6.07) is 0.325. The van der Waals surface area contributed by atoms with Gasteiger partial charge in [-0.1, -0.05) is 0 Å². The third kappa shape index (κ3) is 7.70.